The van der Waals surface area contributed by atoms with Gasteiger partial charge in [-0.2, -0.15) is 0 Å². The predicted octanol–water partition coefficient (Wildman–Crippen LogP) is 3.00. The number of aromatic nitrogens is 3. The molecule has 1 atom stereocenters. The fraction of sp³-hybridized carbons (Fsp3) is 0.619. The quantitative estimate of drug-likeness (QED) is 0.810. The van der Waals surface area contributed by atoms with Gasteiger partial charge in [-0.25, -0.2) is 0 Å². The molecule has 2 saturated heterocycles. The molecule has 0 saturated carbocycles. The number of ether oxygens (including phenoxy) is 2. The number of likely N-dealkylation sites (tertiary alicyclic amines) is 1. The number of nitrogens with zero attached hydrogens (tertiary/aromatic N) is 4. The number of aryl methyl sites for hydroxylation is 1. The van der Waals surface area contributed by atoms with Crippen LogP contribution in [0, 0.1) is 5.41 Å². The summed E-state index contributed by atoms with van der Waals surface area (Å²) in [6.45, 7) is 8.89. The van der Waals surface area contributed by atoms with E-state index in [1.54, 1.807) is 0 Å². The van der Waals surface area contributed by atoms with Crippen LogP contribution in [0.1, 0.15) is 44.0 Å². The average Bonchev–Trinajstić information content (AvgIpc) is 3.20. The molecule has 4 rings (SSSR count). The highest BCUT2D eigenvalue weighted by Gasteiger charge is 2.49. The second kappa shape index (κ2) is 7.60. The fourth-order valence-corrected chi connectivity index (χ4v) is 4.64. The highest BCUT2D eigenvalue weighted by Crippen LogP contribution is 2.49. The van der Waals surface area contributed by atoms with Gasteiger partial charge in [-0.05, 0) is 49.8 Å². The highest BCUT2D eigenvalue weighted by molar-refractivity contribution is 5.27. The van der Waals surface area contributed by atoms with Crippen LogP contribution in [-0.2, 0) is 18.3 Å². The van der Waals surface area contributed by atoms with Crippen molar-refractivity contribution in [2.24, 2.45) is 12.5 Å². The third-order valence-electron chi connectivity index (χ3n) is 5.97. The van der Waals surface area contributed by atoms with Gasteiger partial charge in [-0.15, -0.1) is 10.2 Å². The zero-order valence-electron chi connectivity index (χ0n) is 16.6. The van der Waals surface area contributed by atoms with Gasteiger partial charge in [0.2, 0.25) is 0 Å². The third kappa shape index (κ3) is 3.87. The number of hydrogen-bond donors (Lipinski definition) is 0. The zero-order valence-corrected chi connectivity index (χ0v) is 16.6. The van der Waals surface area contributed by atoms with Gasteiger partial charge in [0.15, 0.2) is 0 Å². The third-order valence-corrected chi connectivity index (χ3v) is 5.97. The van der Waals surface area contributed by atoms with Gasteiger partial charge in [-0.3, -0.25) is 4.90 Å². The second-order valence-corrected chi connectivity index (χ2v) is 8.31. The minimum absolute atomic E-state index is 0.204. The minimum Gasteiger partial charge on any atom is -0.491 e. The molecule has 0 bridgehead atoms. The average molecular weight is 370 g/mol. The van der Waals surface area contributed by atoms with E-state index in [1.807, 2.05) is 6.33 Å². The summed E-state index contributed by atoms with van der Waals surface area (Å²) in [5, 5.41) is 8.59. The van der Waals surface area contributed by atoms with Crippen LogP contribution in [0.4, 0.5) is 0 Å². The number of benzene rings is 1. The molecule has 6 heteroatoms. The first-order valence-electron chi connectivity index (χ1n) is 9.95. The largest absolute Gasteiger partial charge is 0.491 e. The van der Waals surface area contributed by atoms with Gasteiger partial charge < -0.3 is 14.0 Å². The van der Waals surface area contributed by atoms with Crippen LogP contribution in [0.2, 0.25) is 0 Å². The molecule has 1 unspecified atom stereocenters. The van der Waals surface area contributed by atoms with Crippen molar-refractivity contribution in [3.63, 3.8) is 0 Å². The van der Waals surface area contributed by atoms with Crippen molar-refractivity contribution < 1.29 is 9.47 Å². The zero-order chi connectivity index (χ0) is 18.9. The summed E-state index contributed by atoms with van der Waals surface area (Å²) < 4.78 is 13.5. The van der Waals surface area contributed by atoms with Gasteiger partial charge in [-0.1, -0.05) is 12.1 Å². The highest BCUT2D eigenvalue weighted by atomic mass is 16.5. The van der Waals surface area contributed by atoms with Gasteiger partial charge in [0, 0.05) is 45.8 Å². The van der Waals surface area contributed by atoms with Crippen molar-refractivity contribution in [2.45, 2.75) is 45.3 Å². The summed E-state index contributed by atoms with van der Waals surface area (Å²) in [4.78, 5) is 2.57. The molecule has 1 aromatic heterocycles. The summed E-state index contributed by atoms with van der Waals surface area (Å²) in [5.41, 5.74) is 1.58. The lowest BCUT2D eigenvalue weighted by Gasteiger charge is -2.37. The molecule has 0 radical (unpaired) electrons. The Labute approximate surface area is 161 Å². The van der Waals surface area contributed by atoms with Gasteiger partial charge >= 0.3 is 0 Å². The monoisotopic (exact) mass is 370 g/mol. The van der Waals surface area contributed by atoms with Gasteiger partial charge in [0.05, 0.1) is 6.10 Å². The minimum atomic E-state index is 0.204. The molecule has 0 aliphatic carbocycles. The van der Waals surface area contributed by atoms with E-state index in [0.717, 1.165) is 57.3 Å². The Balaban J connectivity index is 1.50. The van der Waals surface area contributed by atoms with E-state index in [9.17, 15) is 0 Å². The van der Waals surface area contributed by atoms with E-state index in [1.165, 1.54) is 5.56 Å². The predicted molar refractivity (Wildman–Crippen MR) is 104 cm³/mol. The molecule has 146 valence electrons. The topological polar surface area (TPSA) is 52.4 Å². The van der Waals surface area contributed by atoms with Crippen LogP contribution >= 0.6 is 0 Å². The molecule has 2 fully saturated rings. The maximum absolute atomic E-state index is 5.76. The summed E-state index contributed by atoms with van der Waals surface area (Å²) >= 11 is 0. The van der Waals surface area contributed by atoms with Crippen LogP contribution in [-0.4, -0.2) is 52.1 Å². The normalized spacial score (nSPS) is 22.6. The first-order chi connectivity index (χ1) is 13.1. The molecule has 27 heavy (non-hydrogen) atoms. The lowest BCUT2D eigenvalue weighted by Crippen LogP contribution is -2.36. The maximum atomic E-state index is 5.76. The summed E-state index contributed by atoms with van der Waals surface area (Å²) in [7, 11) is 2.05. The molecule has 1 aromatic carbocycles. The van der Waals surface area contributed by atoms with E-state index in [-0.39, 0.29) is 11.5 Å². The molecule has 0 N–H and O–H groups in total. The Hall–Kier alpha value is -1.92. The molecule has 2 aliphatic heterocycles. The van der Waals surface area contributed by atoms with Crippen LogP contribution in [0.5, 0.6) is 5.75 Å². The van der Waals surface area contributed by atoms with Crippen molar-refractivity contribution in [3.05, 3.63) is 42.0 Å². The van der Waals surface area contributed by atoms with Crippen molar-refractivity contribution in [2.75, 3.05) is 26.3 Å². The van der Waals surface area contributed by atoms with Crippen LogP contribution in [0.15, 0.2) is 30.6 Å². The maximum Gasteiger partial charge on any atom is 0.137 e. The van der Waals surface area contributed by atoms with Crippen molar-refractivity contribution in [1.29, 1.82) is 0 Å². The molecular formula is C21H30N4O2. The van der Waals surface area contributed by atoms with Crippen molar-refractivity contribution in [3.8, 4) is 5.75 Å². The SMILES string of the molecule is CC(C)Oc1ccc(CN2CC(c3nncn3C)C3(CCOCC3)C2)cc1. The molecule has 6 nitrogen and oxygen atoms in total. The molecule has 2 aromatic rings. The van der Waals surface area contributed by atoms with Gasteiger partial charge in [0.1, 0.15) is 17.9 Å². The van der Waals surface area contributed by atoms with Crippen LogP contribution in [0.25, 0.3) is 0 Å². The van der Waals surface area contributed by atoms with E-state index < -0.39 is 0 Å². The molecule has 2 aliphatic rings. The Morgan fingerprint density at radius 3 is 2.59 bits per heavy atom. The van der Waals surface area contributed by atoms with Gasteiger partial charge in [0.25, 0.3) is 0 Å². The Kier molecular flexibility index (Phi) is 5.19. The Morgan fingerprint density at radius 1 is 1.22 bits per heavy atom. The summed E-state index contributed by atoms with van der Waals surface area (Å²) in [6, 6.07) is 8.53. The standard InChI is InChI=1S/C21H30N4O2/c1-16(2)27-18-6-4-17(5-7-18)12-25-13-19(20-23-22-15-24(20)3)21(14-25)8-10-26-11-9-21/h4-7,15-16,19H,8-14H2,1-3H3. The van der Waals surface area contributed by atoms with Crippen LogP contribution in [0.3, 0.4) is 0 Å². The van der Waals surface area contributed by atoms with E-state index in [2.05, 4.69) is 64.8 Å². The second-order valence-electron chi connectivity index (χ2n) is 8.31. The fourth-order valence-electron chi connectivity index (χ4n) is 4.64. The number of rotatable bonds is 5. The first kappa shape index (κ1) is 18.4. The van der Waals surface area contributed by atoms with Crippen molar-refractivity contribution >= 4 is 0 Å². The van der Waals surface area contributed by atoms with Crippen molar-refractivity contribution in [1.82, 2.24) is 19.7 Å². The first-order valence-corrected chi connectivity index (χ1v) is 9.95. The molecule has 0 amide bonds. The Morgan fingerprint density at radius 2 is 1.96 bits per heavy atom. The lowest BCUT2D eigenvalue weighted by molar-refractivity contribution is 0.0105. The molecule has 1 spiro atoms. The summed E-state index contributed by atoms with van der Waals surface area (Å²) in [6.07, 6.45) is 4.22. The lowest BCUT2D eigenvalue weighted by atomic mass is 9.72. The Bertz CT molecular complexity index is 750. The number of hydrogen-bond acceptors (Lipinski definition) is 5. The van der Waals surface area contributed by atoms with E-state index in [4.69, 9.17) is 9.47 Å². The molecule has 3 heterocycles. The van der Waals surface area contributed by atoms with E-state index >= 15 is 0 Å². The van der Waals surface area contributed by atoms with E-state index in [0.29, 0.717) is 5.92 Å². The smallest absolute Gasteiger partial charge is 0.137 e. The summed E-state index contributed by atoms with van der Waals surface area (Å²) in [5.74, 6) is 2.46. The van der Waals surface area contributed by atoms with Crippen LogP contribution < -0.4 is 4.74 Å². The molecular weight excluding hydrogens is 340 g/mol.